The van der Waals surface area contributed by atoms with Crippen molar-refractivity contribution in [2.24, 2.45) is 0 Å². The number of hydrogen-bond donors (Lipinski definition) is 0. The van der Waals surface area contributed by atoms with Crippen LogP contribution in [0.3, 0.4) is 0 Å². The molecule has 0 aliphatic heterocycles. The maximum absolute atomic E-state index is 12.4. The molecule has 0 aromatic carbocycles. The van der Waals surface area contributed by atoms with Gasteiger partial charge in [0.1, 0.15) is 8.30 Å². The van der Waals surface area contributed by atoms with E-state index in [1.807, 2.05) is 22.6 Å². The predicted molar refractivity (Wildman–Crippen MR) is 56.2 cm³/mol. The van der Waals surface area contributed by atoms with E-state index in [4.69, 9.17) is 4.74 Å². The molecule has 0 fully saturated rings. The molecule has 1 aromatic heterocycles. The number of rotatable bonds is 2. The maximum atomic E-state index is 12.4. The van der Waals surface area contributed by atoms with Gasteiger partial charge in [-0.3, -0.25) is 0 Å². The van der Waals surface area contributed by atoms with Gasteiger partial charge in [-0.1, -0.05) is 0 Å². The second-order valence-electron chi connectivity index (χ2n) is 2.16. The van der Waals surface area contributed by atoms with Gasteiger partial charge in [-0.2, -0.15) is 0 Å². The van der Waals surface area contributed by atoms with Crippen molar-refractivity contribution in [3.63, 3.8) is 0 Å². The van der Waals surface area contributed by atoms with Crippen LogP contribution in [0.5, 0.6) is 5.75 Å². The lowest BCUT2D eigenvalue weighted by Crippen LogP contribution is -1.98. The van der Waals surface area contributed by atoms with Crippen LogP contribution in [0.25, 0.3) is 0 Å². The number of pyridine rings is 1. The molecule has 0 N–H and O–H groups in total. The van der Waals surface area contributed by atoms with Crippen molar-refractivity contribution < 1.29 is 13.5 Å². The summed E-state index contributed by atoms with van der Waals surface area (Å²) in [5.74, 6) is 0.138. The summed E-state index contributed by atoms with van der Waals surface area (Å²) in [5, 5.41) is 0. The number of ether oxygens (including phenoxy) is 1. The highest BCUT2D eigenvalue weighted by Crippen LogP contribution is 2.33. The van der Waals surface area contributed by atoms with E-state index in [1.165, 1.54) is 13.2 Å². The summed E-state index contributed by atoms with van der Waals surface area (Å²) in [4.78, 5) is 3.93. The average molecular weight is 364 g/mol. The van der Waals surface area contributed by atoms with Crippen molar-refractivity contribution in [2.75, 3.05) is 7.11 Å². The monoisotopic (exact) mass is 363 g/mol. The predicted octanol–water partition coefficient (Wildman–Crippen LogP) is 3.39. The minimum absolute atomic E-state index is 0.138. The summed E-state index contributed by atoms with van der Waals surface area (Å²) < 4.78 is 30.5. The minimum atomic E-state index is -2.55. The molecule has 0 amide bonds. The van der Waals surface area contributed by atoms with E-state index >= 15 is 0 Å². The Balaban J connectivity index is 3.29. The molecule has 0 saturated carbocycles. The molecular formula is C7H5BrF2INO. The van der Waals surface area contributed by atoms with Gasteiger partial charge < -0.3 is 4.74 Å². The van der Waals surface area contributed by atoms with Crippen molar-refractivity contribution in [1.82, 2.24) is 4.98 Å². The summed E-state index contributed by atoms with van der Waals surface area (Å²) in [6.07, 6.45) is -2.55. The van der Waals surface area contributed by atoms with Gasteiger partial charge in [-0.15, -0.1) is 0 Å². The summed E-state index contributed by atoms with van der Waals surface area (Å²) >= 11 is 4.89. The first-order valence-electron chi connectivity index (χ1n) is 3.24. The number of halogens is 4. The van der Waals surface area contributed by atoms with Crippen molar-refractivity contribution in [1.29, 1.82) is 0 Å². The van der Waals surface area contributed by atoms with Crippen LogP contribution >= 0.6 is 38.5 Å². The van der Waals surface area contributed by atoms with Gasteiger partial charge in [0.25, 0.3) is 6.43 Å². The van der Waals surface area contributed by atoms with Crippen LogP contribution in [0.1, 0.15) is 12.0 Å². The number of hydrogen-bond acceptors (Lipinski definition) is 2. The Bertz CT molecular complexity index is 322. The van der Waals surface area contributed by atoms with Crippen LogP contribution in [0, 0.1) is 3.70 Å². The molecule has 0 saturated heterocycles. The highest BCUT2D eigenvalue weighted by atomic mass is 127. The summed E-state index contributed by atoms with van der Waals surface area (Å²) in [5.41, 5.74) is -0.145. The smallest absolute Gasteiger partial charge is 0.267 e. The standard InChI is InChI=1S/C7H5BrF2INO/c1-13-5-3(6(9)10)2-4(8)12-7(5)11/h2,6H,1H3. The fourth-order valence-electron chi connectivity index (χ4n) is 0.854. The minimum Gasteiger partial charge on any atom is -0.493 e. The Labute approximate surface area is 96.0 Å². The van der Waals surface area contributed by atoms with E-state index in [9.17, 15) is 8.78 Å². The third kappa shape index (κ3) is 2.49. The van der Waals surface area contributed by atoms with Crippen LogP contribution in [-0.4, -0.2) is 12.1 Å². The van der Waals surface area contributed by atoms with E-state index < -0.39 is 6.43 Å². The third-order valence-electron chi connectivity index (χ3n) is 1.37. The number of nitrogens with zero attached hydrogens (tertiary/aromatic N) is 1. The normalized spacial score (nSPS) is 10.6. The van der Waals surface area contributed by atoms with E-state index in [0.717, 1.165) is 0 Å². The van der Waals surface area contributed by atoms with Crippen LogP contribution < -0.4 is 4.74 Å². The third-order valence-corrected chi connectivity index (χ3v) is 2.51. The molecule has 1 heterocycles. The van der Waals surface area contributed by atoms with Crippen molar-refractivity contribution in [2.45, 2.75) is 6.43 Å². The van der Waals surface area contributed by atoms with Crippen LogP contribution in [0.15, 0.2) is 10.7 Å². The molecule has 0 unspecified atom stereocenters. The van der Waals surface area contributed by atoms with Crippen molar-refractivity contribution >= 4 is 38.5 Å². The van der Waals surface area contributed by atoms with Gasteiger partial charge in [0, 0.05) is 0 Å². The highest BCUT2D eigenvalue weighted by molar-refractivity contribution is 14.1. The Morgan fingerprint density at radius 2 is 2.23 bits per heavy atom. The molecule has 0 atom stereocenters. The van der Waals surface area contributed by atoms with Crippen LogP contribution in [0.2, 0.25) is 0 Å². The molecule has 0 bridgehead atoms. The zero-order valence-electron chi connectivity index (χ0n) is 6.52. The molecule has 0 spiro atoms. The summed E-state index contributed by atoms with van der Waals surface area (Å²) in [6, 6.07) is 1.26. The van der Waals surface area contributed by atoms with Gasteiger partial charge in [0.15, 0.2) is 5.75 Å². The quantitative estimate of drug-likeness (QED) is 0.593. The number of alkyl halides is 2. The molecule has 0 aliphatic carbocycles. The van der Waals surface area contributed by atoms with Gasteiger partial charge >= 0.3 is 0 Å². The Morgan fingerprint density at radius 3 is 2.69 bits per heavy atom. The molecule has 2 nitrogen and oxygen atoms in total. The zero-order chi connectivity index (χ0) is 10.0. The molecule has 6 heteroatoms. The van der Waals surface area contributed by atoms with E-state index in [0.29, 0.717) is 8.30 Å². The number of aromatic nitrogens is 1. The first-order chi connectivity index (χ1) is 6.06. The lowest BCUT2D eigenvalue weighted by molar-refractivity contribution is 0.146. The van der Waals surface area contributed by atoms with Crippen LogP contribution in [-0.2, 0) is 0 Å². The van der Waals surface area contributed by atoms with E-state index in [-0.39, 0.29) is 11.3 Å². The van der Waals surface area contributed by atoms with E-state index in [1.54, 1.807) is 0 Å². The topological polar surface area (TPSA) is 22.1 Å². The Morgan fingerprint density at radius 1 is 1.62 bits per heavy atom. The first-order valence-corrected chi connectivity index (χ1v) is 5.11. The Hall–Kier alpha value is 0.0200. The molecule has 13 heavy (non-hydrogen) atoms. The molecule has 1 rings (SSSR count). The molecule has 72 valence electrons. The largest absolute Gasteiger partial charge is 0.493 e. The van der Waals surface area contributed by atoms with Gasteiger partial charge in [0.2, 0.25) is 0 Å². The molecular weight excluding hydrogens is 359 g/mol. The van der Waals surface area contributed by atoms with Crippen molar-refractivity contribution in [3.8, 4) is 5.75 Å². The lowest BCUT2D eigenvalue weighted by atomic mass is 10.2. The lowest BCUT2D eigenvalue weighted by Gasteiger charge is -2.09. The maximum Gasteiger partial charge on any atom is 0.267 e. The second-order valence-corrected chi connectivity index (χ2v) is 3.99. The van der Waals surface area contributed by atoms with Gasteiger partial charge in [0.05, 0.1) is 12.7 Å². The number of methoxy groups -OCH3 is 1. The van der Waals surface area contributed by atoms with E-state index in [2.05, 4.69) is 20.9 Å². The highest BCUT2D eigenvalue weighted by Gasteiger charge is 2.18. The zero-order valence-corrected chi connectivity index (χ0v) is 10.3. The fraction of sp³-hybridized carbons (Fsp3) is 0.286. The summed E-state index contributed by atoms with van der Waals surface area (Å²) in [6.45, 7) is 0. The van der Waals surface area contributed by atoms with Crippen molar-refractivity contribution in [3.05, 3.63) is 19.9 Å². The first kappa shape index (κ1) is 11.1. The average Bonchev–Trinajstić information content (AvgIpc) is 2.02. The molecule has 0 aliphatic rings. The van der Waals surface area contributed by atoms with Gasteiger partial charge in [-0.05, 0) is 44.6 Å². The molecule has 1 aromatic rings. The fourth-order valence-corrected chi connectivity index (χ4v) is 2.40. The van der Waals surface area contributed by atoms with Crippen LogP contribution in [0.4, 0.5) is 8.78 Å². The Kier molecular flexibility index (Phi) is 3.84. The molecule has 0 radical (unpaired) electrons. The SMILES string of the molecule is COc1c(C(F)F)cc(Br)nc1I. The summed E-state index contributed by atoms with van der Waals surface area (Å²) in [7, 11) is 1.35. The second kappa shape index (κ2) is 4.50. The van der Waals surface area contributed by atoms with Gasteiger partial charge in [-0.25, -0.2) is 13.8 Å².